The van der Waals surface area contributed by atoms with Crippen LogP contribution < -0.4 is 0 Å². The van der Waals surface area contributed by atoms with E-state index in [4.69, 9.17) is 0 Å². The van der Waals surface area contributed by atoms with Gasteiger partial charge < -0.3 is 0 Å². The quantitative estimate of drug-likeness (QED) is 0.612. The second-order valence-electron chi connectivity index (χ2n) is 4.93. The number of carbonyl (C=O) groups excluding carboxylic acids is 1. The summed E-state index contributed by atoms with van der Waals surface area (Å²) in [5.41, 5.74) is 2.05. The molecule has 1 aromatic carbocycles. The molecule has 104 valence electrons. The summed E-state index contributed by atoms with van der Waals surface area (Å²) in [4.78, 5) is 11.7. The molecule has 0 aliphatic rings. The highest BCUT2D eigenvalue weighted by Crippen LogP contribution is 2.16. The van der Waals surface area contributed by atoms with Crippen molar-refractivity contribution in [2.24, 2.45) is 0 Å². The lowest BCUT2D eigenvalue weighted by Crippen LogP contribution is -1.98. The van der Waals surface area contributed by atoms with Crippen LogP contribution in [0.5, 0.6) is 0 Å². The Labute approximate surface area is 115 Å². The van der Waals surface area contributed by atoms with Gasteiger partial charge in [-0.1, -0.05) is 38.0 Å². The van der Waals surface area contributed by atoms with Crippen LogP contribution in [0.4, 0.5) is 4.39 Å². The molecule has 0 spiro atoms. The minimum absolute atomic E-state index is 0.185. The molecule has 1 aromatic rings. The number of ketones is 1. The summed E-state index contributed by atoms with van der Waals surface area (Å²) in [6.07, 6.45) is 7.00. The third kappa shape index (κ3) is 6.32. The fraction of sp³-hybridized carbons (Fsp3) is 0.471. The van der Waals surface area contributed by atoms with Crippen LogP contribution in [0.3, 0.4) is 0 Å². The predicted molar refractivity (Wildman–Crippen MR) is 77.6 cm³/mol. The van der Waals surface area contributed by atoms with E-state index in [0.717, 1.165) is 36.8 Å². The van der Waals surface area contributed by atoms with Crippen LogP contribution >= 0.6 is 0 Å². The van der Waals surface area contributed by atoms with Gasteiger partial charge in [-0.2, -0.15) is 0 Å². The molecule has 0 atom stereocenters. The Morgan fingerprint density at radius 1 is 1.21 bits per heavy atom. The maximum Gasteiger partial charge on any atom is 0.155 e. The number of unbranched alkanes of at least 4 members (excludes halogenated alkanes) is 1. The number of rotatable bonds is 8. The molecule has 0 radical (unpaired) electrons. The Morgan fingerprint density at radius 3 is 2.63 bits per heavy atom. The van der Waals surface area contributed by atoms with E-state index in [9.17, 15) is 9.18 Å². The normalized spacial score (nSPS) is 11.6. The van der Waals surface area contributed by atoms with Gasteiger partial charge in [0.25, 0.3) is 0 Å². The molecule has 0 bridgehead atoms. The Morgan fingerprint density at radius 2 is 2.00 bits per heavy atom. The van der Waals surface area contributed by atoms with Gasteiger partial charge in [-0.25, -0.2) is 4.39 Å². The van der Waals surface area contributed by atoms with Crippen molar-refractivity contribution in [2.45, 2.75) is 52.4 Å². The first-order valence-corrected chi connectivity index (χ1v) is 7.12. The van der Waals surface area contributed by atoms with Crippen LogP contribution in [0.1, 0.15) is 51.5 Å². The van der Waals surface area contributed by atoms with Crippen LogP contribution in [0.25, 0.3) is 0 Å². The van der Waals surface area contributed by atoms with Gasteiger partial charge in [0.2, 0.25) is 0 Å². The zero-order chi connectivity index (χ0) is 14.1. The van der Waals surface area contributed by atoms with E-state index in [1.54, 1.807) is 18.2 Å². The topological polar surface area (TPSA) is 17.1 Å². The van der Waals surface area contributed by atoms with Gasteiger partial charge in [0, 0.05) is 6.42 Å². The van der Waals surface area contributed by atoms with E-state index < -0.39 is 0 Å². The molecule has 2 heteroatoms. The molecule has 1 rings (SSSR count). The highest BCUT2D eigenvalue weighted by atomic mass is 19.1. The molecular weight excluding hydrogens is 239 g/mol. The monoisotopic (exact) mass is 262 g/mol. The Kier molecular flexibility index (Phi) is 7.09. The van der Waals surface area contributed by atoms with E-state index >= 15 is 0 Å². The molecule has 0 heterocycles. The van der Waals surface area contributed by atoms with Gasteiger partial charge in [-0.05, 0) is 49.5 Å². The first-order valence-electron chi connectivity index (χ1n) is 7.12. The van der Waals surface area contributed by atoms with E-state index in [1.807, 2.05) is 13.0 Å². The number of halogens is 1. The summed E-state index contributed by atoms with van der Waals surface area (Å²) >= 11 is 0. The fourth-order valence-electron chi connectivity index (χ4n) is 2.07. The Hall–Kier alpha value is -1.44. The molecule has 0 fully saturated rings. The number of hydrogen-bond donors (Lipinski definition) is 0. The first kappa shape index (κ1) is 15.6. The van der Waals surface area contributed by atoms with Gasteiger partial charge in [-0.3, -0.25) is 4.79 Å². The van der Waals surface area contributed by atoms with Crippen LogP contribution in [0.2, 0.25) is 0 Å². The van der Waals surface area contributed by atoms with Crippen LogP contribution in [0.15, 0.2) is 35.9 Å². The lowest BCUT2D eigenvalue weighted by atomic mass is 9.98. The molecular formula is C17H23FO. The summed E-state index contributed by atoms with van der Waals surface area (Å²) < 4.78 is 13.2. The van der Waals surface area contributed by atoms with E-state index in [-0.39, 0.29) is 11.6 Å². The molecule has 19 heavy (non-hydrogen) atoms. The van der Waals surface area contributed by atoms with Crippen LogP contribution in [-0.4, -0.2) is 5.78 Å². The molecule has 0 N–H and O–H groups in total. The molecule has 0 unspecified atom stereocenters. The van der Waals surface area contributed by atoms with Crippen molar-refractivity contribution in [3.8, 4) is 0 Å². The second-order valence-corrected chi connectivity index (χ2v) is 4.93. The SMILES string of the molecule is CCCC/C(=C\C(=O)CCC)Cc1cccc(F)c1. The van der Waals surface area contributed by atoms with Crippen molar-refractivity contribution in [1.82, 2.24) is 0 Å². The highest BCUT2D eigenvalue weighted by molar-refractivity contribution is 5.90. The van der Waals surface area contributed by atoms with Gasteiger partial charge >= 0.3 is 0 Å². The average Bonchev–Trinajstić information content (AvgIpc) is 2.36. The molecule has 0 saturated heterocycles. The average molecular weight is 262 g/mol. The second kappa shape index (κ2) is 8.63. The van der Waals surface area contributed by atoms with Crippen molar-refractivity contribution in [1.29, 1.82) is 0 Å². The molecule has 0 aliphatic heterocycles. The van der Waals surface area contributed by atoms with Crippen molar-refractivity contribution >= 4 is 5.78 Å². The van der Waals surface area contributed by atoms with E-state index in [1.165, 1.54) is 6.07 Å². The molecule has 1 nitrogen and oxygen atoms in total. The van der Waals surface area contributed by atoms with Gasteiger partial charge in [0.15, 0.2) is 5.78 Å². The summed E-state index contributed by atoms with van der Waals surface area (Å²) in [7, 11) is 0. The first-order chi connectivity index (χ1) is 9.15. The number of carbonyl (C=O) groups is 1. The molecule has 0 aliphatic carbocycles. The van der Waals surface area contributed by atoms with Crippen molar-refractivity contribution in [2.75, 3.05) is 0 Å². The van der Waals surface area contributed by atoms with E-state index in [0.29, 0.717) is 12.8 Å². The van der Waals surface area contributed by atoms with Crippen molar-refractivity contribution in [3.63, 3.8) is 0 Å². The minimum Gasteiger partial charge on any atom is -0.295 e. The van der Waals surface area contributed by atoms with Crippen molar-refractivity contribution < 1.29 is 9.18 Å². The zero-order valence-corrected chi connectivity index (χ0v) is 11.9. The maximum atomic E-state index is 13.2. The summed E-state index contributed by atoms with van der Waals surface area (Å²) in [6, 6.07) is 6.62. The molecule has 0 saturated carbocycles. The number of benzene rings is 1. The Balaban J connectivity index is 2.76. The third-order valence-corrected chi connectivity index (χ3v) is 3.03. The molecule has 0 aromatic heterocycles. The van der Waals surface area contributed by atoms with E-state index in [2.05, 4.69) is 6.92 Å². The summed E-state index contributed by atoms with van der Waals surface area (Å²) in [6.45, 7) is 4.14. The Bertz CT molecular complexity index is 435. The van der Waals surface area contributed by atoms with Crippen LogP contribution in [-0.2, 0) is 11.2 Å². The maximum absolute atomic E-state index is 13.2. The summed E-state index contributed by atoms with van der Waals surface area (Å²) in [5, 5.41) is 0. The lowest BCUT2D eigenvalue weighted by molar-refractivity contribution is -0.114. The minimum atomic E-state index is -0.216. The van der Waals surface area contributed by atoms with Crippen LogP contribution in [0, 0.1) is 5.82 Å². The molecule has 0 amide bonds. The standard InChI is InChI=1S/C17H23FO/c1-3-5-8-15(13-17(19)7-4-2)11-14-9-6-10-16(18)12-14/h6,9-10,12-13H,3-5,7-8,11H2,1-2H3/b15-13+. The smallest absolute Gasteiger partial charge is 0.155 e. The third-order valence-electron chi connectivity index (χ3n) is 3.03. The number of hydrogen-bond acceptors (Lipinski definition) is 1. The van der Waals surface area contributed by atoms with Gasteiger partial charge in [-0.15, -0.1) is 0 Å². The number of allylic oxidation sites excluding steroid dienone is 2. The highest BCUT2D eigenvalue weighted by Gasteiger charge is 2.04. The zero-order valence-electron chi connectivity index (χ0n) is 11.9. The van der Waals surface area contributed by atoms with Gasteiger partial charge in [0.05, 0.1) is 0 Å². The largest absolute Gasteiger partial charge is 0.295 e. The lowest BCUT2D eigenvalue weighted by Gasteiger charge is -2.07. The van der Waals surface area contributed by atoms with Gasteiger partial charge in [0.1, 0.15) is 5.82 Å². The predicted octanol–water partition coefficient (Wildman–Crippen LogP) is 4.85. The van der Waals surface area contributed by atoms with Crippen molar-refractivity contribution in [3.05, 3.63) is 47.3 Å². The fourth-order valence-corrected chi connectivity index (χ4v) is 2.07. The summed E-state index contributed by atoms with van der Waals surface area (Å²) in [5.74, 6) is -0.0303.